The zero-order chi connectivity index (χ0) is 13.7. The summed E-state index contributed by atoms with van der Waals surface area (Å²) in [5, 5.41) is 2.89. The molecule has 2 heterocycles. The van der Waals surface area contributed by atoms with Gasteiger partial charge in [0.25, 0.3) is 5.91 Å². The fourth-order valence-corrected chi connectivity index (χ4v) is 2.19. The number of nitrogens with zero attached hydrogens (tertiary/aromatic N) is 1. The molecule has 1 aliphatic rings. The number of amides is 1. The van der Waals surface area contributed by atoms with Crippen LogP contribution in [0.15, 0.2) is 12.1 Å². The maximum atomic E-state index is 12.0. The summed E-state index contributed by atoms with van der Waals surface area (Å²) in [6.07, 6.45) is 3.36. The smallest absolute Gasteiger partial charge is 0.251 e. The molecule has 104 valence electrons. The molecule has 1 fully saturated rings. The Morgan fingerprint density at radius 1 is 1.58 bits per heavy atom. The van der Waals surface area contributed by atoms with Crippen molar-refractivity contribution in [1.82, 2.24) is 10.3 Å². The van der Waals surface area contributed by atoms with Crippen LogP contribution in [0.5, 0.6) is 0 Å². The van der Waals surface area contributed by atoms with E-state index in [2.05, 4.69) is 15.7 Å². The summed E-state index contributed by atoms with van der Waals surface area (Å²) in [5.74, 6) is 5.69. The molecule has 0 saturated carbocycles. The topological polar surface area (TPSA) is 89.3 Å². The average molecular weight is 264 g/mol. The molecule has 0 spiro atoms. The van der Waals surface area contributed by atoms with Crippen LogP contribution in [-0.4, -0.2) is 30.1 Å². The molecule has 4 N–H and O–H groups in total. The highest BCUT2D eigenvalue weighted by Crippen LogP contribution is 2.14. The van der Waals surface area contributed by atoms with Crippen LogP contribution in [0.25, 0.3) is 0 Å². The number of anilines is 1. The highest BCUT2D eigenvalue weighted by Gasteiger charge is 2.15. The van der Waals surface area contributed by atoms with Gasteiger partial charge in [0.1, 0.15) is 5.82 Å². The number of hydrogen-bond donors (Lipinski definition) is 3. The Hall–Kier alpha value is -1.66. The van der Waals surface area contributed by atoms with Crippen molar-refractivity contribution in [3.05, 3.63) is 23.4 Å². The number of nitrogens with one attached hydrogen (secondary N) is 2. The molecule has 19 heavy (non-hydrogen) atoms. The first-order valence-electron chi connectivity index (χ1n) is 6.54. The van der Waals surface area contributed by atoms with Gasteiger partial charge in [0.15, 0.2) is 0 Å². The number of nitrogen functional groups attached to an aromatic ring is 1. The largest absolute Gasteiger partial charge is 0.378 e. The van der Waals surface area contributed by atoms with Crippen molar-refractivity contribution >= 4 is 11.7 Å². The second-order valence-electron chi connectivity index (χ2n) is 4.71. The van der Waals surface area contributed by atoms with E-state index >= 15 is 0 Å². The average Bonchev–Trinajstić information content (AvgIpc) is 2.91. The van der Waals surface area contributed by atoms with Gasteiger partial charge in [-0.15, -0.1) is 0 Å². The number of aromatic nitrogens is 1. The number of carbonyl (C=O) groups excluding carboxylic acids is 1. The van der Waals surface area contributed by atoms with Crippen LogP contribution in [0.2, 0.25) is 0 Å². The molecule has 1 atom stereocenters. The summed E-state index contributed by atoms with van der Waals surface area (Å²) >= 11 is 0. The molecule has 1 unspecified atom stereocenters. The van der Waals surface area contributed by atoms with E-state index in [1.165, 1.54) is 0 Å². The van der Waals surface area contributed by atoms with Gasteiger partial charge >= 0.3 is 0 Å². The quantitative estimate of drug-likeness (QED) is 0.545. The number of aryl methyl sites for hydroxylation is 1. The van der Waals surface area contributed by atoms with Gasteiger partial charge in [0.2, 0.25) is 0 Å². The molecule has 1 saturated heterocycles. The van der Waals surface area contributed by atoms with Gasteiger partial charge in [0, 0.05) is 24.4 Å². The standard InChI is InChI=1S/C13H20N4O2/c1-9-7-10(8-12(16-9)17-14)13(18)15-5-4-11-3-2-6-19-11/h7-8,11H,2-6,14H2,1H3,(H,15,18)(H,16,17). The summed E-state index contributed by atoms with van der Waals surface area (Å²) in [6, 6.07) is 3.37. The molecule has 1 aliphatic heterocycles. The number of nitrogens with two attached hydrogens (primary N) is 1. The molecular formula is C13H20N4O2. The monoisotopic (exact) mass is 264 g/mol. The molecule has 2 rings (SSSR count). The predicted molar refractivity (Wildman–Crippen MR) is 72.7 cm³/mol. The zero-order valence-corrected chi connectivity index (χ0v) is 11.1. The van der Waals surface area contributed by atoms with Crippen molar-refractivity contribution in [3.8, 4) is 0 Å². The van der Waals surface area contributed by atoms with Crippen molar-refractivity contribution in [2.45, 2.75) is 32.3 Å². The Balaban J connectivity index is 1.86. The van der Waals surface area contributed by atoms with Crippen LogP contribution in [0.3, 0.4) is 0 Å². The van der Waals surface area contributed by atoms with Gasteiger partial charge in [-0.2, -0.15) is 0 Å². The molecule has 6 nitrogen and oxygen atoms in total. The number of ether oxygens (including phenoxy) is 1. The van der Waals surface area contributed by atoms with Crippen LogP contribution >= 0.6 is 0 Å². The first-order chi connectivity index (χ1) is 9.19. The van der Waals surface area contributed by atoms with Crippen molar-refractivity contribution in [3.63, 3.8) is 0 Å². The lowest BCUT2D eigenvalue weighted by atomic mass is 10.1. The first-order valence-corrected chi connectivity index (χ1v) is 6.54. The molecule has 0 aromatic carbocycles. The van der Waals surface area contributed by atoms with Gasteiger partial charge < -0.3 is 15.5 Å². The van der Waals surface area contributed by atoms with Crippen molar-refractivity contribution < 1.29 is 9.53 Å². The molecular weight excluding hydrogens is 244 g/mol. The molecule has 0 radical (unpaired) electrons. The van der Waals surface area contributed by atoms with Crippen LogP contribution in [-0.2, 0) is 4.74 Å². The first kappa shape index (κ1) is 13.8. The van der Waals surface area contributed by atoms with Gasteiger partial charge in [-0.25, -0.2) is 10.8 Å². The van der Waals surface area contributed by atoms with Crippen molar-refractivity contribution in [1.29, 1.82) is 0 Å². The Labute approximate surface area is 112 Å². The Bertz CT molecular complexity index is 444. The molecule has 1 aromatic heterocycles. The van der Waals surface area contributed by atoms with E-state index in [-0.39, 0.29) is 5.91 Å². The minimum absolute atomic E-state index is 0.111. The molecule has 1 aromatic rings. The normalized spacial score (nSPS) is 18.3. The van der Waals surface area contributed by atoms with Crippen LogP contribution in [0.4, 0.5) is 5.82 Å². The maximum Gasteiger partial charge on any atom is 0.251 e. The van der Waals surface area contributed by atoms with Crippen LogP contribution in [0.1, 0.15) is 35.3 Å². The van der Waals surface area contributed by atoms with Crippen LogP contribution < -0.4 is 16.6 Å². The second-order valence-corrected chi connectivity index (χ2v) is 4.71. The fourth-order valence-electron chi connectivity index (χ4n) is 2.19. The highest BCUT2D eigenvalue weighted by molar-refractivity contribution is 5.94. The summed E-state index contributed by atoms with van der Waals surface area (Å²) in [5.41, 5.74) is 3.77. The summed E-state index contributed by atoms with van der Waals surface area (Å²) < 4.78 is 5.51. The summed E-state index contributed by atoms with van der Waals surface area (Å²) in [4.78, 5) is 16.1. The number of hydrogen-bond acceptors (Lipinski definition) is 5. The van der Waals surface area contributed by atoms with Crippen molar-refractivity contribution in [2.24, 2.45) is 5.84 Å². The van der Waals surface area contributed by atoms with E-state index < -0.39 is 0 Å². The molecule has 0 aliphatic carbocycles. The van der Waals surface area contributed by atoms with E-state index in [1.807, 2.05) is 6.92 Å². The Morgan fingerprint density at radius 3 is 3.11 bits per heavy atom. The van der Waals surface area contributed by atoms with Gasteiger partial charge in [0.05, 0.1) is 6.10 Å². The lowest BCUT2D eigenvalue weighted by molar-refractivity contribution is 0.0907. The SMILES string of the molecule is Cc1cc(C(=O)NCCC2CCCO2)cc(NN)n1. The number of pyridine rings is 1. The minimum atomic E-state index is -0.111. The van der Waals surface area contributed by atoms with E-state index in [4.69, 9.17) is 10.6 Å². The molecule has 6 heteroatoms. The third-order valence-electron chi connectivity index (χ3n) is 3.14. The number of rotatable bonds is 5. The van der Waals surface area contributed by atoms with Crippen molar-refractivity contribution in [2.75, 3.05) is 18.6 Å². The van der Waals surface area contributed by atoms with Crippen LogP contribution in [0, 0.1) is 6.92 Å². The molecule has 1 amide bonds. The maximum absolute atomic E-state index is 12.0. The predicted octanol–water partition coefficient (Wildman–Crippen LogP) is 0.975. The third kappa shape index (κ3) is 3.90. The fraction of sp³-hybridized carbons (Fsp3) is 0.538. The number of carbonyl (C=O) groups is 1. The molecule has 0 bridgehead atoms. The highest BCUT2D eigenvalue weighted by atomic mass is 16.5. The van der Waals surface area contributed by atoms with Gasteiger partial charge in [-0.1, -0.05) is 0 Å². The van der Waals surface area contributed by atoms with Gasteiger partial charge in [-0.3, -0.25) is 4.79 Å². The zero-order valence-electron chi connectivity index (χ0n) is 11.1. The van der Waals surface area contributed by atoms with E-state index in [9.17, 15) is 4.79 Å². The van der Waals surface area contributed by atoms with Gasteiger partial charge in [-0.05, 0) is 38.3 Å². The lowest BCUT2D eigenvalue weighted by Gasteiger charge is -2.11. The Morgan fingerprint density at radius 2 is 2.42 bits per heavy atom. The Kier molecular flexibility index (Phi) is 4.70. The van der Waals surface area contributed by atoms with E-state index in [0.29, 0.717) is 24.0 Å². The lowest BCUT2D eigenvalue weighted by Crippen LogP contribution is -2.27. The van der Waals surface area contributed by atoms with E-state index in [1.54, 1.807) is 12.1 Å². The second kappa shape index (κ2) is 6.49. The summed E-state index contributed by atoms with van der Waals surface area (Å²) in [6.45, 7) is 3.29. The number of hydrazine groups is 1. The minimum Gasteiger partial charge on any atom is -0.378 e. The third-order valence-corrected chi connectivity index (χ3v) is 3.14. The van der Waals surface area contributed by atoms with E-state index in [0.717, 1.165) is 31.6 Å². The summed E-state index contributed by atoms with van der Waals surface area (Å²) in [7, 11) is 0.